The summed E-state index contributed by atoms with van der Waals surface area (Å²) in [6, 6.07) is 52.9. The van der Waals surface area contributed by atoms with Crippen LogP contribution in [0.1, 0.15) is 11.1 Å². The summed E-state index contributed by atoms with van der Waals surface area (Å²) in [5, 5.41) is 12.9. The molecule has 0 spiro atoms. The molecule has 0 unspecified atom stereocenters. The normalized spacial score (nSPS) is 10.7. The molecule has 0 atom stereocenters. The van der Waals surface area contributed by atoms with Crippen molar-refractivity contribution < 1.29 is 4.79 Å². The van der Waals surface area contributed by atoms with E-state index in [2.05, 4.69) is 137 Å². The third-order valence-electron chi connectivity index (χ3n) is 6.44. The molecule has 5 aromatic rings. The molecule has 0 amide bonds. The molecule has 0 aliphatic heterocycles. The molecule has 186 valence electrons. The van der Waals surface area contributed by atoms with E-state index in [1.54, 1.807) is 30.2 Å². The summed E-state index contributed by atoms with van der Waals surface area (Å²) >= 11 is 3.24. The van der Waals surface area contributed by atoms with Gasteiger partial charge in [0.2, 0.25) is 0 Å². The molecule has 0 heterocycles. The van der Waals surface area contributed by atoms with Gasteiger partial charge in [-0.3, -0.25) is 0 Å². The van der Waals surface area contributed by atoms with E-state index >= 15 is 0 Å². The summed E-state index contributed by atoms with van der Waals surface area (Å²) in [6.07, 6.45) is 1.06. The first-order valence-electron chi connectivity index (χ1n) is 12.3. The summed E-state index contributed by atoms with van der Waals surface area (Å²) in [5.41, 5.74) is 2.01. The number of carbonyl (C=O) groups excluding carboxylic acids is 1. The average molecular weight is 576 g/mol. The van der Waals surface area contributed by atoms with Crippen molar-refractivity contribution >= 4 is 50.6 Å². The number of nitriles is 1. The SMILES string of the molecule is N#CC(=C=O)c1cccc(Br)c1.c1ccc(C[PH](c2ccccc2)(c2ccccc2)c2ccccc2)cc1. The number of halogens is 1. The van der Waals surface area contributed by atoms with Gasteiger partial charge in [0.25, 0.3) is 0 Å². The van der Waals surface area contributed by atoms with Crippen LogP contribution in [0.2, 0.25) is 0 Å². The fourth-order valence-electron chi connectivity index (χ4n) is 4.67. The summed E-state index contributed by atoms with van der Waals surface area (Å²) in [7, 11) is -2.16. The van der Waals surface area contributed by atoms with Gasteiger partial charge in [0.1, 0.15) is 17.6 Å². The van der Waals surface area contributed by atoms with Crippen LogP contribution < -0.4 is 15.9 Å². The Hall–Kier alpha value is -4.05. The van der Waals surface area contributed by atoms with Gasteiger partial charge in [-0.1, -0.05) is 28.1 Å². The molecule has 2 nitrogen and oxygen atoms in total. The molecule has 4 heteroatoms. The van der Waals surface area contributed by atoms with Crippen molar-refractivity contribution in [2.45, 2.75) is 6.16 Å². The maximum absolute atomic E-state index is 10.2. The Morgan fingerprint density at radius 1 is 0.632 bits per heavy atom. The third kappa shape index (κ3) is 6.44. The van der Waals surface area contributed by atoms with E-state index in [9.17, 15) is 4.79 Å². The minimum atomic E-state index is -2.16. The van der Waals surface area contributed by atoms with Crippen LogP contribution in [0.3, 0.4) is 0 Å². The minimum absolute atomic E-state index is 0.0244. The zero-order chi connectivity index (χ0) is 26.6. The molecule has 0 saturated heterocycles. The first-order chi connectivity index (χ1) is 18.7. The van der Waals surface area contributed by atoms with Gasteiger partial charge in [-0.25, -0.2) is 4.79 Å². The van der Waals surface area contributed by atoms with Crippen LogP contribution >= 0.6 is 23.2 Å². The molecule has 0 aliphatic carbocycles. The van der Waals surface area contributed by atoms with Crippen LogP contribution in [0.4, 0.5) is 0 Å². The topological polar surface area (TPSA) is 40.9 Å². The number of rotatable bonds is 6. The Kier molecular flexibility index (Phi) is 9.58. The van der Waals surface area contributed by atoms with E-state index in [0.717, 1.165) is 10.6 Å². The molecule has 0 aromatic heterocycles. The van der Waals surface area contributed by atoms with Crippen molar-refractivity contribution in [3.8, 4) is 6.07 Å². The fourth-order valence-corrected chi connectivity index (χ4v) is 9.81. The Morgan fingerprint density at radius 2 is 1.08 bits per heavy atom. The van der Waals surface area contributed by atoms with Crippen molar-refractivity contribution in [2.24, 2.45) is 0 Å². The summed E-state index contributed by atoms with van der Waals surface area (Å²) in [4.78, 5) is 10.2. The first-order valence-corrected chi connectivity index (χ1v) is 15.3. The van der Waals surface area contributed by atoms with Gasteiger partial charge in [-0.2, -0.15) is 5.26 Å². The fraction of sp³-hybridized carbons (Fsp3) is 0.0294. The number of allylic oxidation sites excluding steroid dienone is 1. The van der Waals surface area contributed by atoms with Gasteiger partial charge in [0.15, 0.2) is 0 Å². The average Bonchev–Trinajstić information content (AvgIpc) is 2.99. The molecule has 0 N–H and O–H groups in total. The van der Waals surface area contributed by atoms with Gasteiger partial charge in [-0.15, -0.1) is 0 Å². The zero-order valence-corrected chi connectivity index (χ0v) is 23.4. The summed E-state index contributed by atoms with van der Waals surface area (Å²) < 4.78 is 0.836. The number of hydrogen-bond acceptors (Lipinski definition) is 2. The van der Waals surface area contributed by atoms with Gasteiger partial charge in [0.05, 0.1) is 0 Å². The third-order valence-corrected chi connectivity index (χ3v) is 11.8. The Labute approximate surface area is 233 Å². The molecule has 0 saturated carbocycles. The van der Waals surface area contributed by atoms with Crippen LogP contribution in [0, 0.1) is 11.3 Å². The molecule has 0 radical (unpaired) electrons. The van der Waals surface area contributed by atoms with Crippen molar-refractivity contribution in [1.82, 2.24) is 0 Å². The van der Waals surface area contributed by atoms with Gasteiger partial charge >= 0.3 is 156 Å². The van der Waals surface area contributed by atoms with E-state index in [0.29, 0.717) is 5.56 Å². The van der Waals surface area contributed by atoms with Gasteiger partial charge < -0.3 is 0 Å². The van der Waals surface area contributed by atoms with Crippen molar-refractivity contribution in [3.63, 3.8) is 0 Å². The molecule has 0 bridgehead atoms. The number of nitrogens with zero attached hydrogens (tertiary/aromatic N) is 1. The number of hydrogen-bond donors (Lipinski definition) is 0. The molecule has 0 aliphatic rings. The van der Waals surface area contributed by atoms with E-state index in [4.69, 9.17) is 5.26 Å². The van der Waals surface area contributed by atoms with E-state index in [1.165, 1.54) is 21.5 Å². The Morgan fingerprint density at radius 3 is 1.47 bits per heavy atom. The van der Waals surface area contributed by atoms with Gasteiger partial charge in [-0.05, 0) is 12.1 Å². The van der Waals surface area contributed by atoms with Crippen LogP contribution in [-0.4, -0.2) is 5.94 Å². The van der Waals surface area contributed by atoms with Crippen molar-refractivity contribution in [2.75, 3.05) is 0 Å². The monoisotopic (exact) mass is 575 g/mol. The zero-order valence-electron chi connectivity index (χ0n) is 20.8. The Bertz CT molecular complexity index is 1450. The summed E-state index contributed by atoms with van der Waals surface area (Å²) in [6.45, 7) is 0. The standard InChI is InChI=1S/C25H23P.C9H4BrNO/c1-5-13-22(14-6-1)21-26(23-15-7-2-8-16-23,24-17-9-3-10-18-24)25-19-11-4-12-20-25;10-9-3-1-2-7(4-9)8(5-11)6-12/h1-20,26H,21H2;1-4H. The van der Waals surface area contributed by atoms with Crippen LogP contribution in [0.25, 0.3) is 5.57 Å². The van der Waals surface area contributed by atoms with E-state index in [-0.39, 0.29) is 5.57 Å². The molecule has 0 fully saturated rings. The molecule has 38 heavy (non-hydrogen) atoms. The second-order valence-electron chi connectivity index (χ2n) is 8.76. The second-order valence-corrected chi connectivity index (χ2v) is 13.6. The summed E-state index contributed by atoms with van der Waals surface area (Å²) in [5.74, 6) is 1.58. The maximum atomic E-state index is 10.2. The first kappa shape index (κ1) is 27.0. The predicted octanol–water partition coefficient (Wildman–Crippen LogP) is 7.10. The van der Waals surface area contributed by atoms with Crippen molar-refractivity contribution in [3.05, 3.63) is 161 Å². The molecular weight excluding hydrogens is 549 g/mol. The number of benzene rings is 5. The molecule has 5 rings (SSSR count). The van der Waals surface area contributed by atoms with Crippen LogP contribution in [0.15, 0.2) is 150 Å². The molecule has 5 aromatic carbocycles. The van der Waals surface area contributed by atoms with Crippen LogP contribution in [-0.2, 0) is 11.0 Å². The Balaban J connectivity index is 0.000000236. The second kappa shape index (κ2) is 13.5. The quantitative estimate of drug-likeness (QED) is 0.123. The predicted molar refractivity (Wildman–Crippen MR) is 166 cm³/mol. The van der Waals surface area contributed by atoms with E-state index in [1.807, 2.05) is 6.07 Å². The van der Waals surface area contributed by atoms with Crippen molar-refractivity contribution in [1.29, 1.82) is 5.26 Å². The van der Waals surface area contributed by atoms with Gasteiger partial charge in [0, 0.05) is 10.0 Å². The van der Waals surface area contributed by atoms with Crippen LogP contribution in [0.5, 0.6) is 0 Å². The van der Waals surface area contributed by atoms with E-state index < -0.39 is 7.26 Å². The molecular formula is C34H27BrNOP.